The van der Waals surface area contributed by atoms with E-state index in [4.69, 9.17) is 6.42 Å². The SMILES string of the molecule is C#CCNC(=O)c1sc2ncn(C)c(=O)c2c1C. The van der Waals surface area contributed by atoms with Crippen molar-refractivity contribution in [1.82, 2.24) is 14.9 Å². The fourth-order valence-electron chi connectivity index (χ4n) is 1.64. The lowest BCUT2D eigenvalue weighted by atomic mass is 10.2. The van der Waals surface area contributed by atoms with Gasteiger partial charge in [0.1, 0.15) is 4.83 Å². The van der Waals surface area contributed by atoms with Gasteiger partial charge in [-0.1, -0.05) is 5.92 Å². The van der Waals surface area contributed by atoms with Gasteiger partial charge in [-0.3, -0.25) is 9.59 Å². The lowest BCUT2D eigenvalue weighted by Crippen LogP contribution is -2.23. The van der Waals surface area contributed by atoms with E-state index in [0.29, 0.717) is 20.7 Å². The van der Waals surface area contributed by atoms with Gasteiger partial charge in [0.25, 0.3) is 11.5 Å². The van der Waals surface area contributed by atoms with Crippen LogP contribution in [0.15, 0.2) is 11.1 Å². The van der Waals surface area contributed by atoms with Crippen molar-refractivity contribution in [3.05, 3.63) is 27.1 Å². The summed E-state index contributed by atoms with van der Waals surface area (Å²) < 4.78 is 1.39. The molecular formula is C12H11N3O2S. The standard InChI is InChI=1S/C12H11N3O2S/c1-4-5-13-10(16)9-7(2)8-11(18-9)14-6-15(3)12(8)17/h1,6H,5H2,2-3H3,(H,13,16). The molecule has 92 valence electrons. The van der Waals surface area contributed by atoms with Gasteiger partial charge in [-0.05, 0) is 12.5 Å². The first-order chi connectivity index (χ1) is 8.56. The number of amides is 1. The summed E-state index contributed by atoms with van der Waals surface area (Å²) in [7, 11) is 1.63. The van der Waals surface area contributed by atoms with E-state index in [1.807, 2.05) is 0 Å². The predicted octanol–water partition coefficient (Wildman–Crippen LogP) is 0.666. The lowest BCUT2D eigenvalue weighted by Gasteiger charge is -1.99. The molecule has 2 aromatic heterocycles. The zero-order chi connectivity index (χ0) is 13.3. The maximum atomic E-state index is 12.0. The van der Waals surface area contributed by atoms with Crippen LogP contribution in [-0.2, 0) is 7.05 Å². The second-order valence-corrected chi connectivity index (χ2v) is 4.78. The van der Waals surface area contributed by atoms with Gasteiger partial charge in [-0.25, -0.2) is 4.98 Å². The molecule has 6 heteroatoms. The van der Waals surface area contributed by atoms with Crippen LogP contribution < -0.4 is 10.9 Å². The van der Waals surface area contributed by atoms with E-state index in [1.54, 1.807) is 14.0 Å². The molecule has 0 aromatic carbocycles. The number of carbonyl (C=O) groups excluding carboxylic acids is 1. The fourth-order valence-corrected chi connectivity index (χ4v) is 2.69. The molecule has 0 atom stereocenters. The van der Waals surface area contributed by atoms with Gasteiger partial charge >= 0.3 is 0 Å². The molecule has 5 nitrogen and oxygen atoms in total. The summed E-state index contributed by atoms with van der Waals surface area (Å²) in [4.78, 5) is 29.0. The largest absolute Gasteiger partial charge is 0.340 e. The quantitative estimate of drug-likeness (QED) is 0.808. The van der Waals surface area contributed by atoms with E-state index >= 15 is 0 Å². The monoisotopic (exact) mass is 261 g/mol. The maximum absolute atomic E-state index is 12.0. The van der Waals surface area contributed by atoms with Crippen LogP contribution in [0.4, 0.5) is 0 Å². The van der Waals surface area contributed by atoms with E-state index in [1.165, 1.54) is 22.2 Å². The molecule has 0 fully saturated rings. The smallest absolute Gasteiger partial charge is 0.262 e. The number of hydrogen-bond donors (Lipinski definition) is 1. The highest BCUT2D eigenvalue weighted by atomic mass is 32.1. The second kappa shape index (κ2) is 4.63. The van der Waals surface area contributed by atoms with Crippen LogP contribution in [-0.4, -0.2) is 22.0 Å². The Bertz CT molecular complexity index is 721. The van der Waals surface area contributed by atoms with Crippen molar-refractivity contribution in [2.75, 3.05) is 6.54 Å². The first-order valence-electron chi connectivity index (χ1n) is 5.22. The molecule has 2 heterocycles. The van der Waals surface area contributed by atoms with Crippen molar-refractivity contribution in [1.29, 1.82) is 0 Å². The van der Waals surface area contributed by atoms with Crippen LogP contribution in [0.25, 0.3) is 10.2 Å². The number of hydrogen-bond acceptors (Lipinski definition) is 4. The summed E-state index contributed by atoms with van der Waals surface area (Å²) >= 11 is 1.20. The second-order valence-electron chi connectivity index (χ2n) is 3.78. The molecule has 0 spiro atoms. The number of thiophene rings is 1. The number of nitrogens with zero attached hydrogens (tertiary/aromatic N) is 2. The molecule has 0 aliphatic heterocycles. The van der Waals surface area contributed by atoms with Gasteiger partial charge in [0.2, 0.25) is 0 Å². The van der Waals surface area contributed by atoms with E-state index in [9.17, 15) is 9.59 Å². The van der Waals surface area contributed by atoms with Gasteiger partial charge in [-0.15, -0.1) is 17.8 Å². The summed E-state index contributed by atoms with van der Waals surface area (Å²) in [5, 5.41) is 3.08. The molecule has 0 bridgehead atoms. The van der Waals surface area contributed by atoms with E-state index in [0.717, 1.165) is 0 Å². The topological polar surface area (TPSA) is 64.0 Å². The first kappa shape index (κ1) is 12.3. The maximum Gasteiger partial charge on any atom is 0.262 e. The Balaban J connectivity index is 2.59. The molecular weight excluding hydrogens is 250 g/mol. The van der Waals surface area contributed by atoms with Gasteiger partial charge in [0.05, 0.1) is 23.1 Å². The lowest BCUT2D eigenvalue weighted by molar-refractivity contribution is 0.0962. The summed E-state index contributed by atoms with van der Waals surface area (Å²) in [5.41, 5.74) is 0.503. The van der Waals surface area contributed by atoms with Crippen molar-refractivity contribution in [3.63, 3.8) is 0 Å². The molecule has 2 rings (SSSR count). The number of terminal acetylenes is 1. The number of rotatable bonds is 2. The van der Waals surface area contributed by atoms with E-state index in [2.05, 4.69) is 16.2 Å². The molecule has 2 aromatic rings. The molecule has 0 aliphatic rings. The predicted molar refractivity (Wildman–Crippen MR) is 70.8 cm³/mol. The molecule has 1 amide bonds. The molecule has 0 aliphatic carbocycles. The molecule has 0 unspecified atom stereocenters. The Hall–Kier alpha value is -2.13. The van der Waals surface area contributed by atoms with Gasteiger partial charge in [0.15, 0.2) is 0 Å². The summed E-state index contributed by atoms with van der Waals surface area (Å²) in [5.74, 6) is 2.07. The van der Waals surface area contributed by atoms with Crippen LogP contribution in [0.5, 0.6) is 0 Å². The van der Waals surface area contributed by atoms with Gasteiger partial charge in [-0.2, -0.15) is 0 Å². The Labute approximate surface area is 107 Å². The molecule has 0 saturated carbocycles. The van der Waals surface area contributed by atoms with Crippen LogP contribution in [0.2, 0.25) is 0 Å². The minimum atomic E-state index is -0.268. The van der Waals surface area contributed by atoms with Crippen LogP contribution in [0.1, 0.15) is 15.2 Å². The third kappa shape index (κ3) is 1.89. The number of aryl methyl sites for hydroxylation is 2. The molecule has 0 radical (unpaired) electrons. The minimum Gasteiger partial charge on any atom is -0.340 e. The van der Waals surface area contributed by atoms with E-state index in [-0.39, 0.29) is 18.0 Å². The zero-order valence-electron chi connectivity index (χ0n) is 9.98. The van der Waals surface area contributed by atoms with Crippen molar-refractivity contribution in [3.8, 4) is 12.3 Å². The van der Waals surface area contributed by atoms with Crippen LogP contribution in [0.3, 0.4) is 0 Å². The summed E-state index contributed by atoms with van der Waals surface area (Å²) in [6.45, 7) is 1.91. The Morgan fingerprint density at radius 1 is 1.67 bits per heavy atom. The number of fused-ring (bicyclic) bond motifs is 1. The van der Waals surface area contributed by atoms with E-state index < -0.39 is 0 Å². The average molecular weight is 261 g/mol. The Morgan fingerprint density at radius 3 is 3.06 bits per heavy atom. The first-order valence-corrected chi connectivity index (χ1v) is 6.04. The third-order valence-corrected chi connectivity index (χ3v) is 3.77. The minimum absolute atomic E-state index is 0.148. The Morgan fingerprint density at radius 2 is 2.39 bits per heavy atom. The summed E-state index contributed by atoms with van der Waals surface area (Å²) in [6.07, 6.45) is 6.53. The molecule has 18 heavy (non-hydrogen) atoms. The van der Waals surface area contributed by atoms with Crippen LogP contribution in [0, 0.1) is 19.3 Å². The fraction of sp³-hybridized carbons (Fsp3) is 0.250. The van der Waals surface area contributed by atoms with Gasteiger partial charge in [0, 0.05) is 7.05 Å². The molecule has 0 saturated heterocycles. The number of aromatic nitrogens is 2. The number of carbonyl (C=O) groups is 1. The molecule has 1 N–H and O–H groups in total. The zero-order valence-corrected chi connectivity index (χ0v) is 10.8. The normalized spacial score (nSPS) is 10.3. The number of nitrogens with one attached hydrogen (secondary N) is 1. The van der Waals surface area contributed by atoms with Crippen LogP contribution >= 0.6 is 11.3 Å². The Kier molecular flexibility index (Phi) is 3.17. The van der Waals surface area contributed by atoms with Crippen molar-refractivity contribution in [2.24, 2.45) is 7.05 Å². The average Bonchev–Trinajstić information content (AvgIpc) is 2.69. The highest BCUT2D eigenvalue weighted by Crippen LogP contribution is 2.26. The van der Waals surface area contributed by atoms with Crippen molar-refractivity contribution >= 4 is 27.5 Å². The summed E-state index contributed by atoms with van der Waals surface area (Å²) in [6, 6.07) is 0. The van der Waals surface area contributed by atoms with Crippen molar-refractivity contribution in [2.45, 2.75) is 6.92 Å². The highest BCUT2D eigenvalue weighted by Gasteiger charge is 2.18. The van der Waals surface area contributed by atoms with Crippen molar-refractivity contribution < 1.29 is 4.79 Å². The third-order valence-electron chi connectivity index (χ3n) is 2.57. The highest BCUT2D eigenvalue weighted by molar-refractivity contribution is 7.20. The van der Waals surface area contributed by atoms with Gasteiger partial charge < -0.3 is 9.88 Å².